The average Bonchev–Trinajstić information content (AvgIpc) is 2.38. The third-order valence-electron chi connectivity index (χ3n) is 3.25. The monoisotopic (exact) mass is 292 g/mol. The molecular weight excluding hydrogens is 272 g/mol. The predicted molar refractivity (Wildman–Crippen MR) is 83.6 cm³/mol. The highest BCUT2D eigenvalue weighted by Crippen LogP contribution is 2.25. The van der Waals surface area contributed by atoms with Crippen LogP contribution in [0.5, 0.6) is 0 Å². The number of Topliss-reactive ketones (excluding diaryl/α,β-unsaturated/α-hetero) is 1. The van der Waals surface area contributed by atoms with Gasteiger partial charge >= 0.3 is 6.03 Å². The van der Waals surface area contributed by atoms with Gasteiger partial charge < -0.3 is 10.2 Å². The molecule has 0 saturated carbocycles. The van der Waals surface area contributed by atoms with Crippen LogP contribution >= 0.6 is 11.8 Å². The zero-order valence-corrected chi connectivity index (χ0v) is 12.9. The first-order valence-corrected chi connectivity index (χ1v) is 7.72. The maximum Gasteiger partial charge on any atom is 0.321 e. The van der Waals surface area contributed by atoms with Crippen LogP contribution in [0, 0.1) is 0 Å². The van der Waals surface area contributed by atoms with Crippen molar-refractivity contribution in [3.63, 3.8) is 0 Å². The summed E-state index contributed by atoms with van der Waals surface area (Å²) in [4.78, 5) is 25.3. The molecule has 2 unspecified atom stereocenters. The molecule has 2 amide bonds. The molecule has 0 bridgehead atoms. The Kier molecular flexibility index (Phi) is 4.70. The molecular formula is C15H20N2O2S. The third-order valence-corrected chi connectivity index (χ3v) is 4.48. The molecule has 1 aliphatic rings. The third kappa shape index (κ3) is 3.76. The second-order valence-corrected chi connectivity index (χ2v) is 7.11. The summed E-state index contributed by atoms with van der Waals surface area (Å²) in [5.41, 5.74) is 1.37. The van der Waals surface area contributed by atoms with Crippen LogP contribution < -0.4 is 5.32 Å². The van der Waals surface area contributed by atoms with Crippen molar-refractivity contribution in [3.8, 4) is 0 Å². The van der Waals surface area contributed by atoms with Gasteiger partial charge in [-0.3, -0.25) is 4.79 Å². The highest BCUT2D eigenvalue weighted by atomic mass is 32.2. The molecule has 108 valence electrons. The lowest BCUT2D eigenvalue weighted by atomic mass is 10.1. The number of anilines is 1. The van der Waals surface area contributed by atoms with Crippen LogP contribution in [-0.2, 0) is 0 Å². The second kappa shape index (κ2) is 6.31. The van der Waals surface area contributed by atoms with E-state index in [4.69, 9.17) is 0 Å². The summed E-state index contributed by atoms with van der Waals surface area (Å²) in [5.74, 6) is 0.0265. The van der Waals surface area contributed by atoms with Crippen molar-refractivity contribution in [2.24, 2.45) is 0 Å². The summed E-state index contributed by atoms with van der Waals surface area (Å²) >= 11 is 1.91. The van der Waals surface area contributed by atoms with Crippen molar-refractivity contribution < 1.29 is 9.59 Å². The Morgan fingerprint density at radius 1 is 1.15 bits per heavy atom. The standard InChI is InChI=1S/C15H20N2O2S/c1-10-8-17(9-11(2)20-10)15(19)16-14-6-4-13(5-7-14)12(3)18/h4-7,10-11H,8-9H2,1-3H3,(H,16,19). The first-order chi connectivity index (χ1) is 9.45. The Bertz CT molecular complexity index is 491. The zero-order valence-electron chi connectivity index (χ0n) is 12.1. The van der Waals surface area contributed by atoms with Gasteiger partial charge in [0.05, 0.1) is 0 Å². The lowest BCUT2D eigenvalue weighted by Crippen LogP contribution is -2.45. The molecule has 2 atom stereocenters. The number of benzene rings is 1. The lowest BCUT2D eigenvalue weighted by Gasteiger charge is -2.34. The van der Waals surface area contributed by atoms with E-state index in [1.165, 1.54) is 6.92 Å². The number of rotatable bonds is 2. The van der Waals surface area contributed by atoms with E-state index in [0.717, 1.165) is 18.8 Å². The van der Waals surface area contributed by atoms with Crippen LogP contribution in [0.1, 0.15) is 31.1 Å². The molecule has 4 nitrogen and oxygen atoms in total. The van der Waals surface area contributed by atoms with Crippen molar-refractivity contribution in [1.29, 1.82) is 0 Å². The smallest absolute Gasteiger partial charge is 0.321 e. The molecule has 1 fully saturated rings. The van der Waals surface area contributed by atoms with Crippen molar-refractivity contribution in [1.82, 2.24) is 4.90 Å². The van der Waals surface area contributed by atoms with E-state index in [9.17, 15) is 9.59 Å². The minimum atomic E-state index is -0.0698. The number of hydrogen-bond donors (Lipinski definition) is 1. The van der Waals surface area contributed by atoms with Gasteiger partial charge in [-0.25, -0.2) is 4.79 Å². The Morgan fingerprint density at radius 2 is 1.70 bits per heavy atom. The van der Waals surface area contributed by atoms with Gasteiger partial charge in [-0.1, -0.05) is 13.8 Å². The minimum Gasteiger partial charge on any atom is -0.322 e. The summed E-state index contributed by atoms with van der Waals surface area (Å²) in [5, 5.41) is 3.81. The van der Waals surface area contributed by atoms with Gasteiger partial charge in [-0.05, 0) is 31.2 Å². The summed E-state index contributed by atoms with van der Waals surface area (Å²) in [6.07, 6.45) is 0. The lowest BCUT2D eigenvalue weighted by molar-refractivity contribution is 0.101. The molecule has 1 N–H and O–H groups in total. The number of thioether (sulfide) groups is 1. The molecule has 1 heterocycles. The Labute approximate surface area is 123 Å². The van der Waals surface area contributed by atoms with Gasteiger partial charge in [0.15, 0.2) is 5.78 Å². The molecule has 1 aromatic carbocycles. The molecule has 1 saturated heterocycles. The largest absolute Gasteiger partial charge is 0.322 e. The molecule has 0 aromatic heterocycles. The van der Waals surface area contributed by atoms with E-state index in [1.54, 1.807) is 24.3 Å². The summed E-state index contributed by atoms with van der Waals surface area (Å²) in [6, 6.07) is 6.92. The van der Waals surface area contributed by atoms with Gasteiger partial charge in [0, 0.05) is 34.8 Å². The number of nitrogens with zero attached hydrogens (tertiary/aromatic N) is 1. The molecule has 0 aliphatic carbocycles. The minimum absolute atomic E-state index is 0.0265. The molecule has 1 aliphatic heterocycles. The number of nitrogens with one attached hydrogen (secondary N) is 1. The van der Waals surface area contributed by atoms with Crippen molar-refractivity contribution >= 4 is 29.3 Å². The van der Waals surface area contributed by atoms with Crippen LogP contribution in [0.3, 0.4) is 0 Å². The molecule has 5 heteroatoms. The number of carbonyl (C=O) groups excluding carboxylic acids is 2. The maximum absolute atomic E-state index is 12.2. The Morgan fingerprint density at radius 3 is 2.20 bits per heavy atom. The van der Waals surface area contributed by atoms with Crippen molar-refractivity contribution in [3.05, 3.63) is 29.8 Å². The van der Waals surface area contributed by atoms with Gasteiger partial charge in [0.2, 0.25) is 0 Å². The first-order valence-electron chi connectivity index (χ1n) is 6.78. The summed E-state index contributed by atoms with van der Waals surface area (Å²) < 4.78 is 0. The predicted octanol–water partition coefficient (Wildman–Crippen LogP) is 3.25. The fourth-order valence-electron chi connectivity index (χ4n) is 2.33. The number of amides is 2. The molecule has 20 heavy (non-hydrogen) atoms. The van der Waals surface area contributed by atoms with Crippen molar-refractivity contribution in [2.75, 3.05) is 18.4 Å². The van der Waals surface area contributed by atoms with E-state index >= 15 is 0 Å². The van der Waals surface area contributed by atoms with E-state index in [-0.39, 0.29) is 11.8 Å². The first kappa shape index (κ1) is 14.9. The molecule has 1 aromatic rings. The Balaban J connectivity index is 1.98. The van der Waals surface area contributed by atoms with E-state index < -0.39 is 0 Å². The SMILES string of the molecule is CC(=O)c1ccc(NC(=O)N2CC(C)SC(C)C2)cc1. The van der Waals surface area contributed by atoms with E-state index in [1.807, 2.05) is 16.7 Å². The average molecular weight is 292 g/mol. The molecule has 0 spiro atoms. The number of hydrogen-bond acceptors (Lipinski definition) is 3. The Hall–Kier alpha value is -1.49. The summed E-state index contributed by atoms with van der Waals surface area (Å²) in [6.45, 7) is 7.35. The van der Waals surface area contributed by atoms with Gasteiger partial charge in [-0.15, -0.1) is 0 Å². The van der Waals surface area contributed by atoms with Crippen LogP contribution in [0.2, 0.25) is 0 Å². The fraction of sp³-hybridized carbons (Fsp3) is 0.467. The number of ketones is 1. The van der Waals surface area contributed by atoms with E-state index in [2.05, 4.69) is 19.2 Å². The van der Waals surface area contributed by atoms with Gasteiger partial charge in [0.1, 0.15) is 0 Å². The van der Waals surface area contributed by atoms with Gasteiger partial charge in [0.25, 0.3) is 0 Å². The number of urea groups is 1. The second-order valence-electron chi connectivity index (χ2n) is 5.23. The number of carbonyl (C=O) groups is 2. The fourth-order valence-corrected chi connectivity index (χ4v) is 3.66. The van der Waals surface area contributed by atoms with Crippen LogP contribution in [-0.4, -0.2) is 40.3 Å². The van der Waals surface area contributed by atoms with Crippen molar-refractivity contribution in [2.45, 2.75) is 31.3 Å². The van der Waals surface area contributed by atoms with Gasteiger partial charge in [-0.2, -0.15) is 11.8 Å². The van der Waals surface area contributed by atoms with Crippen LogP contribution in [0.15, 0.2) is 24.3 Å². The zero-order chi connectivity index (χ0) is 14.7. The molecule has 2 rings (SSSR count). The quantitative estimate of drug-likeness (QED) is 0.851. The topological polar surface area (TPSA) is 49.4 Å². The van der Waals surface area contributed by atoms with Crippen LogP contribution in [0.25, 0.3) is 0 Å². The highest BCUT2D eigenvalue weighted by Gasteiger charge is 2.25. The maximum atomic E-state index is 12.2. The highest BCUT2D eigenvalue weighted by molar-refractivity contribution is 8.00. The molecule has 0 radical (unpaired) electrons. The van der Waals surface area contributed by atoms with Crippen LogP contribution in [0.4, 0.5) is 10.5 Å². The summed E-state index contributed by atoms with van der Waals surface area (Å²) in [7, 11) is 0. The normalized spacial score (nSPS) is 22.4. The van der Waals surface area contributed by atoms with E-state index in [0.29, 0.717) is 16.1 Å².